The fraction of sp³-hybridized carbons (Fsp3) is 0.423. The summed E-state index contributed by atoms with van der Waals surface area (Å²) in [7, 11) is 0. The number of anilines is 1. The van der Waals surface area contributed by atoms with E-state index >= 15 is 0 Å². The predicted molar refractivity (Wildman–Crippen MR) is 138 cm³/mol. The van der Waals surface area contributed by atoms with Gasteiger partial charge in [-0.15, -0.1) is 0 Å². The average molecular weight is 525 g/mol. The molecule has 2 aromatic heterocycles. The maximum Gasteiger partial charge on any atom is 0.419 e. The summed E-state index contributed by atoms with van der Waals surface area (Å²) in [6.07, 6.45) is 1.24. The molecule has 194 valence electrons. The van der Waals surface area contributed by atoms with Gasteiger partial charge < -0.3 is 14.4 Å². The summed E-state index contributed by atoms with van der Waals surface area (Å²) in [6, 6.07) is 13.1. The van der Waals surface area contributed by atoms with Gasteiger partial charge in [0.2, 0.25) is 5.28 Å². The van der Waals surface area contributed by atoms with Gasteiger partial charge in [-0.25, -0.2) is 14.3 Å². The second-order valence-corrected chi connectivity index (χ2v) is 10.1. The van der Waals surface area contributed by atoms with Crippen molar-refractivity contribution in [3.05, 3.63) is 53.4 Å². The Kier molecular flexibility index (Phi) is 7.95. The molecule has 0 N–H and O–H groups in total. The van der Waals surface area contributed by atoms with Crippen LogP contribution in [0.2, 0.25) is 5.28 Å². The van der Waals surface area contributed by atoms with Crippen molar-refractivity contribution in [1.82, 2.24) is 19.4 Å². The first-order chi connectivity index (χ1) is 17.6. The second kappa shape index (κ2) is 11.2. The molecule has 0 radical (unpaired) electrons. The van der Waals surface area contributed by atoms with Crippen molar-refractivity contribution in [3.8, 4) is 6.07 Å². The summed E-state index contributed by atoms with van der Waals surface area (Å²) in [5, 5.41) is 9.51. The van der Waals surface area contributed by atoms with Crippen LogP contribution in [-0.2, 0) is 20.9 Å². The highest BCUT2D eigenvalue weighted by Gasteiger charge is 2.32. The third-order valence-corrected chi connectivity index (χ3v) is 6.05. The van der Waals surface area contributed by atoms with Crippen LogP contribution >= 0.6 is 11.6 Å². The highest BCUT2D eigenvalue weighted by atomic mass is 35.5. The van der Waals surface area contributed by atoms with Gasteiger partial charge in [-0.1, -0.05) is 30.3 Å². The molecule has 0 saturated carbocycles. The van der Waals surface area contributed by atoms with Crippen molar-refractivity contribution in [3.63, 3.8) is 0 Å². The van der Waals surface area contributed by atoms with Crippen molar-refractivity contribution in [2.24, 2.45) is 0 Å². The van der Waals surface area contributed by atoms with Crippen LogP contribution in [-0.4, -0.2) is 69.3 Å². The molecule has 0 bridgehead atoms. The number of carbonyl (C=O) groups is 2. The summed E-state index contributed by atoms with van der Waals surface area (Å²) >= 11 is 6.22. The van der Waals surface area contributed by atoms with E-state index in [1.54, 1.807) is 33.0 Å². The number of ether oxygens (including phenoxy) is 2. The van der Waals surface area contributed by atoms with Crippen molar-refractivity contribution in [2.75, 3.05) is 31.1 Å². The van der Waals surface area contributed by atoms with Gasteiger partial charge in [-0.05, 0) is 44.0 Å². The number of piperazine rings is 1. The normalized spacial score (nSPS) is 16.4. The van der Waals surface area contributed by atoms with Gasteiger partial charge in [0, 0.05) is 31.9 Å². The van der Waals surface area contributed by atoms with Crippen LogP contribution in [0.25, 0.3) is 11.0 Å². The van der Waals surface area contributed by atoms with E-state index in [4.69, 9.17) is 21.1 Å². The zero-order chi connectivity index (χ0) is 26.6. The predicted octanol–water partition coefficient (Wildman–Crippen LogP) is 4.02. The molecule has 1 atom stereocenters. The first kappa shape index (κ1) is 26.4. The van der Waals surface area contributed by atoms with Crippen molar-refractivity contribution < 1.29 is 19.1 Å². The van der Waals surface area contributed by atoms with Crippen LogP contribution in [0, 0.1) is 11.3 Å². The Morgan fingerprint density at radius 1 is 1.16 bits per heavy atom. The maximum atomic E-state index is 12.9. The Morgan fingerprint density at radius 3 is 2.62 bits per heavy atom. The number of halogens is 1. The van der Waals surface area contributed by atoms with Crippen LogP contribution in [0.5, 0.6) is 0 Å². The van der Waals surface area contributed by atoms with Gasteiger partial charge in [-0.3, -0.25) is 9.69 Å². The summed E-state index contributed by atoms with van der Waals surface area (Å²) in [5.74, 6) is 0.117. The third-order valence-electron chi connectivity index (χ3n) is 5.88. The third kappa shape index (κ3) is 6.56. The van der Waals surface area contributed by atoms with Gasteiger partial charge in [0.05, 0.1) is 24.6 Å². The Balaban J connectivity index is 1.52. The quantitative estimate of drug-likeness (QED) is 0.348. The Bertz CT molecular complexity index is 1310. The first-order valence-electron chi connectivity index (χ1n) is 12.0. The summed E-state index contributed by atoms with van der Waals surface area (Å²) < 4.78 is 12.4. The van der Waals surface area contributed by atoms with E-state index in [-0.39, 0.29) is 36.9 Å². The largest absolute Gasteiger partial charge is 0.460 e. The Labute approximate surface area is 220 Å². The number of aromatic nitrogens is 3. The number of nitrogens with zero attached hydrogens (tertiary/aromatic N) is 6. The number of esters is 1. The van der Waals surface area contributed by atoms with E-state index in [0.29, 0.717) is 36.5 Å². The molecule has 0 unspecified atom stereocenters. The van der Waals surface area contributed by atoms with Gasteiger partial charge in [0.25, 0.3) is 0 Å². The van der Waals surface area contributed by atoms with E-state index in [1.165, 1.54) is 4.57 Å². The highest BCUT2D eigenvalue weighted by molar-refractivity contribution is 6.28. The van der Waals surface area contributed by atoms with Crippen LogP contribution < -0.4 is 4.90 Å². The molecule has 1 aliphatic heterocycles. The van der Waals surface area contributed by atoms with Gasteiger partial charge in [0.1, 0.15) is 17.7 Å². The molecule has 3 aromatic rings. The summed E-state index contributed by atoms with van der Waals surface area (Å²) in [6.45, 7) is 7.04. The molecule has 3 heterocycles. The Morgan fingerprint density at radius 2 is 1.92 bits per heavy atom. The molecule has 1 fully saturated rings. The molecule has 37 heavy (non-hydrogen) atoms. The average Bonchev–Trinajstić information content (AvgIpc) is 3.27. The molecular weight excluding hydrogens is 496 g/mol. The molecule has 1 saturated heterocycles. The minimum absolute atomic E-state index is 0.0493. The van der Waals surface area contributed by atoms with E-state index in [0.717, 1.165) is 5.56 Å². The molecule has 0 aliphatic carbocycles. The van der Waals surface area contributed by atoms with Crippen LogP contribution in [0.1, 0.15) is 32.8 Å². The van der Waals surface area contributed by atoms with Gasteiger partial charge >= 0.3 is 12.1 Å². The molecule has 11 heteroatoms. The second-order valence-electron chi connectivity index (χ2n) is 9.80. The zero-order valence-electron chi connectivity index (χ0n) is 21.1. The number of rotatable bonds is 6. The van der Waals surface area contributed by atoms with E-state index in [9.17, 15) is 14.9 Å². The number of hydrogen-bond acceptors (Lipinski definition) is 9. The minimum Gasteiger partial charge on any atom is -0.460 e. The Hall–Kier alpha value is -3.68. The molecule has 10 nitrogen and oxygen atoms in total. The van der Waals surface area contributed by atoms with E-state index in [2.05, 4.69) is 16.0 Å². The smallest absolute Gasteiger partial charge is 0.419 e. The van der Waals surface area contributed by atoms with Crippen LogP contribution in [0.4, 0.5) is 10.6 Å². The van der Waals surface area contributed by atoms with E-state index in [1.807, 2.05) is 40.1 Å². The van der Waals surface area contributed by atoms with Crippen molar-refractivity contribution >= 4 is 40.5 Å². The lowest BCUT2D eigenvalue weighted by Gasteiger charge is -2.40. The van der Waals surface area contributed by atoms with Crippen LogP contribution in [0.15, 0.2) is 42.6 Å². The maximum absolute atomic E-state index is 12.9. The van der Waals surface area contributed by atoms with Gasteiger partial charge in [0.15, 0.2) is 5.82 Å². The molecular formula is C26H29ClN6O4. The van der Waals surface area contributed by atoms with Gasteiger partial charge in [-0.2, -0.15) is 10.2 Å². The van der Waals surface area contributed by atoms with E-state index < -0.39 is 11.7 Å². The van der Waals surface area contributed by atoms with Crippen molar-refractivity contribution in [2.45, 2.75) is 45.4 Å². The lowest BCUT2D eigenvalue weighted by atomic mass is 10.1. The SMILES string of the molecule is CC(C)(C)OC(=O)n1ccc2nc(Cl)nc(N3CCN(CC(=O)OCc4ccccc4)[C@@H](CC#N)C3)c21. The molecule has 0 spiro atoms. The topological polar surface area (TPSA) is 114 Å². The number of fused-ring (bicyclic) bond motifs is 1. The highest BCUT2D eigenvalue weighted by Crippen LogP contribution is 2.29. The lowest BCUT2D eigenvalue weighted by molar-refractivity contribution is -0.147. The minimum atomic E-state index is -0.681. The zero-order valence-corrected chi connectivity index (χ0v) is 21.8. The molecule has 1 aliphatic rings. The number of nitriles is 1. The molecule has 4 rings (SSSR count). The number of benzene rings is 1. The summed E-state index contributed by atoms with van der Waals surface area (Å²) in [4.78, 5) is 38.0. The first-order valence-corrected chi connectivity index (χ1v) is 12.4. The summed E-state index contributed by atoms with van der Waals surface area (Å²) in [5.41, 5.74) is 1.21. The number of hydrogen-bond donors (Lipinski definition) is 0. The lowest BCUT2D eigenvalue weighted by Crippen LogP contribution is -2.54. The fourth-order valence-electron chi connectivity index (χ4n) is 4.22. The standard InChI is InChI=1S/C26H29ClN6O4/c1-26(2,3)37-25(35)33-12-10-20-22(33)23(30-24(27)29-20)32-14-13-31(19(15-32)9-11-28)16-21(34)36-17-18-7-5-4-6-8-18/h4-8,10,12,19H,9,13-17H2,1-3H3/t19-/m0/s1. The van der Waals surface area contributed by atoms with Crippen LogP contribution in [0.3, 0.4) is 0 Å². The molecule has 0 amide bonds. The number of carbonyl (C=O) groups excluding carboxylic acids is 2. The van der Waals surface area contributed by atoms with Crippen molar-refractivity contribution in [1.29, 1.82) is 5.26 Å². The monoisotopic (exact) mass is 524 g/mol. The fourth-order valence-corrected chi connectivity index (χ4v) is 4.40. The molecule has 1 aromatic carbocycles.